The standard InChI is InChI=1S/C25H29BrFN3O/c1-17-22(26)30(14-18-2-3-18)23(29-17)25(31-15-19-4-5-19)12-10-24(16-28,11-13-25)20-6-8-21(27)9-7-20/h6-9,18-19H,2-5,10-15H2,1H3. The fraction of sp³-hybridized carbons (Fsp3) is 0.600. The number of benzene rings is 1. The molecule has 0 saturated heterocycles. The van der Waals surface area contributed by atoms with Gasteiger partial charge in [0.2, 0.25) is 0 Å². The summed E-state index contributed by atoms with van der Waals surface area (Å²) in [5, 5.41) is 10.2. The van der Waals surface area contributed by atoms with E-state index in [0.29, 0.717) is 18.8 Å². The zero-order valence-corrected chi connectivity index (χ0v) is 19.6. The lowest BCUT2D eigenvalue weighted by Gasteiger charge is -2.43. The number of aromatic nitrogens is 2. The number of hydrogen-bond donors (Lipinski definition) is 0. The Morgan fingerprint density at radius 2 is 1.77 bits per heavy atom. The molecule has 2 aromatic rings. The number of imidazole rings is 1. The van der Waals surface area contributed by atoms with Gasteiger partial charge in [-0.2, -0.15) is 5.26 Å². The van der Waals surface area contributed by atoms with E-state index in [9.17, 15) is 9.65 Å². The fourth-order valence-electron chi connectivity index (χ4n) is 4.94. The molecule has 1 aromatic carbocycles. The van der Waals surface area contributed by atoms with Crippen LogP contribution in [0.5, 0.6) is 0 Å². The number of ether oxygens (including phenoxy) is 1. The van der Waals surface area contributed by atoms with Gasteiger partial charge in [-0.15, -0.1) is 0 Å². The molecule has 0 unspecified atom stereocenters. The number of hydrogen-bond acceptors (Lipinski definition) is 3. The van der Waals surface area contributed by atoms with Crippen LogP contribution in [-0.2, 0) is 22.3 Å². The molecule has 3 aliphatic carbocycles. The van der Waals surface area contributed by atoms with E-state index in [-0.39, 0.29) is 5.82 Å². The number of halogens is 2. The third-order valence-electron chi connectivity index (χ3n) is 7.42. The van der Waals surface area contributed by atoms with Gasteiger partial charge in [0.15, 0.2) is 0 Å². The van der Waals surface area contributed by atoms with E-state index >= 15 is 0 Å². The Balaban J connectivity index is 1.47. The maximum Gasteiger partial charge on any atom is 0.142 e. The molecule has 6 heteroatoms. The van der Waals surface area contributed by atoms with E-state index < -0.39 is 11.0 Å². The Morgan fingerprint density at radius 3 is 2.35 bits per heavy atom. The molecule has 5 rings (SSSR count). The molecular weight excluding hydrogens is 457 g/mol. The molecule has 0 bridgehead atoms. The second kappa shape index (κ2) is 8.01. The van der Waals surface area contributed by atoms with Crippen molar-refractivity contribution < 1.29 is 9.13 Å². The Morgan fingerprint density at radius 1 is 1.13 bits per heavy atom. The maximum atomic E-state index is 13.5. The summed E-state index contributed by atoms with van der Waals surface area (Å²) < 4.78 is 23.6. The van der Waals surface area contributed by atoms with Crippen LogP contribution in [-0.4, -0.2) is 16.2 Å². The minimum atomic E-state index is -0.597. The third kappa shape index (κ3) is 4.07. The van der Waals surface area contributed by atoms with E-state index in [1.54, 1.807) is 12.1 Å². The van der Waals surface area contributed by atoms with Crippen LogP contribution in [0.25, 0.3) is 0 Å². The van der Waals surface area contributed by atoms with Crippen molar-refractivity contribution in [3.8, 4) is 6.07 Å². The van der Waals surface area contributed by atoms with Gasteiger partial charge in [0.05, 0.1) is 23.8 Å². The summed E-state index contributed by atoms with van der Waals surface area (Å²) >= 11 is 3.78. The Bertz CT molecular complexity index is 993. The van der Waals surface area contributed by atoms with Crippen molar-refractivity contribution in [3.63, 3.8) is 0 Å². The second-order valence-electron chi connectivity index (χ2n) is 9.82. The lowest BCUT2D eigenvalue weighted by molar-refractivity contribution is -0.0961. The molecule has 1 heterocycles. The van der Waals surface area contributed by atoms with E-state index in [0.717, 1.165) is 53.6 Å². The summed E-state index contributed by atoms with van der Waals surface area (Å²) in [7, 11) is 0. The maximum absolute atomic E-state index is 13.5. The van der Waals surface area contributed by atoms with Gasteiger partial charge in [0.25, 0.3) is 0 Å². The van der Waals surface area contributed by atoms with Crippen LogP contribution in [0, 0.1) is 35.9 Å². The molecule has 0 atom stereocenters. The van der Waals surface area contributed by atoms with Crippen LogP contribution >= 0.6 is 15.9 Å². The Kier molecular flexibility index (Phi) is 5.46. The smallest absolute Gasteiger partial charge is 0.142 e. The van der Waals surface area contributed by atoms with Gasteiger partial charge in [0.1, 0.15) is 21.8 Å². The second-order valence-corrected chi connectivity index (χ2v) is 10.6. The van der Waals surface area contributed by atoms with Crippen LogP contribution in [0.2, 0.25) is 0 Å². The van der Waals surface area contributed by atoms with Crippen molar-refractivity contribution in [2.24, 2.45) is 11.8 Å². The van der Waals surface area contributed by atoms with Crippen LogP contribution in [0.1, 0.15) is 68.4 Å². The SMILES string of the molecule is Cc1nc(C2(OCC3CC3)CCC(C#N)(c3ccc(F)cc3)CC2)n(CC2CC2)c1Br. The molecule has 0 spiro atoms. The van der Waals surface area contributed by atoms with Crippen LogP contribution in [0.3, 0.4) is 0 Å². The highest BCUT2D eigenvalue weighted by Crippen LogP contribution is 2.50. The summed E-state index contributed by atoms with van der Waals surface area (Å²) in [5.74, 6) is 2.14. The Labute approximate surface area is 191 Å². The minimum Gasteiger partial charge on any atom is -0.367 e. The summed E-state index contributed by atoms with van der Waals surface area (Å²) in [6.45, 7) is 3.79. The van der Waals surface area contributed by atoms with Gasteiger partial charge in [0, 0.05) is 6.54 Å². The Hall–Kier alpha value is -1.71. The molecule has 0 N–H and O–H groups in total. The molecule has 3 aliphatic rings. The first-order valence-corrected chi connectivity index (χ1v) is 12.3. The lowest BCUT2D eigenvalue weighted by atomic mass is 9.65. The first kappa shape index (κ1) is 21.2. The van der Waals surface area contributed by atoms with E-state index in [4.69, 9.17) is 9.72 Å². The first-order valence-electron chi connectivity index (χ1n) is 11.5. The molecule has 0 aliphatic heterocycles. The summed E-state index contributed by atoms with van der Waals surface area (Å²) in [6, 6.07) is 9.04. The van der Waals surface area contributed by atoms with E-state index in [1.165, 1.54) is 37.8 Å². The highest BCUT2D eigenvalue weighted by Gasteiger charge is 2.49. The van der Waals surface area contributed by atoms with E-state index in [2.05, 4.69) is 26.6 Å². The molecule has 1 aromatic heterocycles. The zero-order chi connectivity index (χ0) is 21.6. The van der Waals surface area contributed by atoms with Crippen molar-refractivity contribution in [2.45, 2.75) is 75.9 Å². The molecule has 0 amide bonds. The van der Waals surface area contributed by atoms with E-state index in [1.807, 2.05) is 6.92 Å². The van der Waals surface area contributed by atoms with Crippen molar-refractivity contribution in [1.82, 2.24) is 9.55 Å². The predicted octanol–water partition coefficient (Wildman–Crippen LogP) is 6.16. The molecule has 3 fully saturated rings. The molecule has 31 heavy (non-hydrogen) atoms. The summed E-state index contributed by atoms with van der Waals surface area (Å²) in [6.07, 6.45) is 7.91. The molecule has 164 valence electrons. The van der Waals surface area contributed by atoms with Crippen molar-refractivity contribution >= 4 is 15.9 Å². The largest absolute Gasteiger partial charge is 0.367 e. The first-order chi connectivity index (χ1) is 14.9. The lowest BCUT2D eigenvalue weighted by Crippen LogP contribution is -2.43. The van der Waals surface area contributed by atoms with Gasteiger partial charge < -0.3 is 9.30 Å². The number of rotatable bonds is 7. The van der Waals surface area contributed by atoms with Gasteiger partial charge in [-0.3, -0.25) is 0 Å². The van der Waals surface area contributed by atoms with Gasteiger partial charge in [-0.1, -0.05) is 12.1 Å². The van der Waals surface area contributed by atoms with Gasteiger partial charge >= 0.3 is 0 Å². The molecule has 3 saturated carbocycles. The normalized spacial score (nSPS) is 28.5. The predicted molar refractivity (Wildman–Crippen MR) is 120 cm³/mol. The highest BCUT2D eigenvalue weighted by molar-refractivity contribution is 9.10. The molecular formula is C25H29BrFN3O. The number of nitrogens with zero attached hydrogens (tertiary/aromatic N) is 3. The van der Waals surface area contributed by atoms with Gasteiger partial charge in [-0.25, -0.2) is 9.37 Å². The average molecular weight is 486 g/mol. The third-order valence-corrected chi connectivity index (χ3v) is 8.43. The van der Waals surface area contributed by atoms with Crippen LogP contribution in [0.15, 0.2) is 28.9 Å². The minimum absolute atomic E-state index is 0.266. The van der Waals surface area contributed by atoms with Gasteiger partial charge in [-0.05, 0) is 104 Å². The number of aryl methyl sites for hydroxylation is 1. The van der Waals surface area contributed by atoms with Crippen LogP contribution in [0.4, 0.5) is 4.39 Å². The number of nitriles is 1. The monoisotopic (exact) mass is 485 g/mol. The molecule has 4 nitrogen and oxygen atoms in total. The average Bonchev–Trinajstić information content (AvgIpc) is 3.70. The molecule has 0 radical (unpaired) electrons. The highest BCUT2D eigenvalue weighted by atomic mass is 79.9. The van der Waals surface area contributed by atoms with Crippen molar-refractivity contribution in [1.29, 1.82) is 5.26 Å². The van der Waals surface area contributed by atoms with Crippen molar-refractivity contribution in [2.75, 3.05) is 6.61 Å². The quantitative estimate of drug-likeness (QED) is 0.471. The van der Waals surface area contributed by atoms with Crippen LogP contribution < -0.4 is 0 Å². The van der Waals surface area contributed by atoms with Crippen molar-refractivity contribution in [3.05, 3.63) is 51.8 Å². The summed E-state index contributed by atoms with van der Waals surface area (Å²) in [4.78, 5) is 5.00. The zero-order valence-electron chi connectivity index (χ0n) is 18.0. The fourth-order valence-corrected chi connectivity index (χ4v) is 5.34. The topological polar surface area (TPSA) is 50.8 Å². The summed E-state index contributed by atoms with van der Waals surface area (Å²) in [5.41, 5.74) is 0.848.